The number of non-ortho nitro benzene ring substituents is 1. The van der Waals surface area contributed by atoms with Crippen molar-refractivity contribution >= 4 is 23.7 Å². The molecule has 0 aliphatic heterocycles. The smallest absolute Gasteiger partial charge is 0.413 e. The number of carbonyl (C=O) groups excluding carboxylic acids is 3. The Bertz CT molecular complexity index is 775. The summed E-state index contributed by atoms with van der Waals surface area (Å²) >= 11 is 0. The highest BCUT2D eigenvalue weighted by molar-refractivity contribution is 5.83. The van der Waals surface area contributed by atoms with E-state index in [2.05, 4.69) is 5.32 Å². The summed E-state index contributed by atoms with van der Waals surface area (Å²) in [6, 6.07) is 3.71. The van der Waals surface area contributed by atoms with Crippen molar-refractivity contribution in [3.63, 3.8) is 0 Å². The lowest BCUT2D eigenvalue weighted by Crippen LogP contribution is -2.45. The Labute approximate surface area is 175 Å². The first-order valence-electron chi connectivity index (χ1n) is 9.34. The number of ether oxygens (including phenoxy) is 3. The van der Waals surface area contributed by atoms with Gasteiger partial charge in [0.1, 0.15) is 23.0 Å². The summed E-state index contributed by atoms with van der Waals surface area (Å²) < 4.78 is 15.6. The molecule has 30 heavy (non-hydrogen) atoms. The van der Waals surface area contributed by atoms with Crippen LogP contribution in [0.2, 0.25) is 0 Å². The molecule has 0 aromatic heterocycles. The van der Waals surface area contributed by atoms with E-state index in [-0.39, 0.29) is 24.3 Å². The average molecular weight is 424 g/mol. The molecule has 1 aromatic rings. The van der Waals surface area contributed by atoms with E-state index >= 15 is 0 Å². The van der Waals surface area contributed by atoms with Crippen LogP contribution in [0.5, 0.6) is 5.75 Å². The molecule has 166 valence electrons. The second-order valence-electron chi connectivity index (χ2n) is 8.50. The molecule has 0 fully saturated rings. The van der Waals surface area contributed by atoms with Gasteiger partial charge in [0, 0.05) is 18.6 Å². The Morgan fingerprint density at radius 1 is 1.00 bits per heavy atom. The van der Waals surface area contributed by atoms with Crippen LogP contribution in [0, 0.1) is 10.1 Å². The van der Waals surface area contributed by atoms with Gasteiger partial charge in [0.2, 0.25) is 0 Å². The highest BCUT2D eigenvalue weighted by Gasteiger charge is 2.29. The number of nitrogens with zero attached hydrogens (tertiary/aromatic N) is 1. The second-order valence-corrected chi connectivity index (χ2v) is 8.50. The first kappa shape index (κ1) is 24.9. The maximum absolute atomic E-state index is 12.4. The fourth-order valence-corrected chi connectivity index (χ4v) is 2.19. The third kappa shape index (κ3) is 9.85. The molecule has 0 saturated heterocycles. The fourth-order valence-electron chi connectivity index (χ4n) is 2.19. The van der Waals surface area contributed by atoms with Gasteiger partial charge in [-0.2, -0.15) is 0 Å². The van der Waals surface area contributed by atoms with Crippen molar-refractivity contribution in [1.29, 1.82) is 0 Å². The lowest BCUT2D eigenvalue weighted by atomic mass is 10.1. The molecule has 10 heteroatoms. The molecule has 1 N–H and O–H groups in total. The van der Waals surface area contributed by atoms with Gasteiger partial charge in [0.15, 0.2) is 0 Å². The summed E-state index contributed by atoms with van der Waals surface area (Å²) in [4.78, 5) is 46.7. The highest BCUT2D eigenvalue weighted by Crippen LogP contribution is 2.18. The standard InChI is InChI=1S/C20H28N2O8/c1-19(2,3)29-16(23)12-11-15(17(24)30-20(4,5)6)21-18(25)28-14-9-7-13(8-10-14)22(26)27/h7-10,15H,11-12H2,1-6H3,(H,21,25). The normalized spacial score (nSPS) is 12.5. The van der Waals surface area contributed by atoms with E-state index in [0.717, 1.165) is 0 Å². The number of nitrogens with one attached hydrogen (secondary N) is 1. The number of hydrogen-bond donors (Lipinski definition) is 1. The fraction of sp³-hybridized carbons (Fsp3) is 0.550. The number of rotatable bonds is 7. The van der Waals surface area contributed by atoms with Crippen LogP contribution in [-0.2, 0) is 19.1 Å². The van der Waals surface area contributed by atoms with Crippen LogP contribution < -0.4 is 10.1 Å². The monoisotopic (exact) mass is 424 g/mol. The third-order valence-electron chi connectivity index (χ3n) is 3.30. The third-order valence-corrected chi connectivity index (χ3v) is 3.30. The Morgan fingerprint density at radius 3 is 2.00 bits per heavy atom. The van der Waals surface area contributed by atoms with E-state index in [0.29, 0.717) is 0 Å². The predicted octanol–water partition coefficient (Wildman–Crippen LogP) is 3.52. The van der Waals surface area contributed by atoms with Crippen LogP contribution in [-0.4, -0.2) is 40.2 Å². The molecule has 0 aliphatic carbocycles. The van der Waals surface area contributed by atoms with Crippen molar-refractivity contribution in [2.24, 2.45) is 0 Å². The average Bonchev–Trinajstić information content (AvgIpc) is 2.55. The SMILES string of the molecule is CC(C)(C)OC(=O)CCC(NC(=O)Oc1ccc([N+](=O)[O-])cc1)C(=O)OC(C)(C)C. The van der Waals surface area contributed by atoms with Crippen molar-refractivity contribution in [2.75, 3.05) is 0 Å². The van der Waals surface area contributed by atoms with Gasteiger partial charge in [-0.1, -0.05) is 0 Å². The van der Waals surface area contributed by atoms with Crippen LogP contribution in [0.1, 0.15) is 54.4 Å². The lowest BCUT2D eigenvalue weighted by molar-refractivity contribution is -0.384. The summed E-state index contributed by atoms with van der Waals surface area (Å²) in [7, 11) is 0. The number of nitro groups is 1. The first-order valence-corrected chi connectivity index (χ1v) is 9.34. The topological polar surface area (TPSA) is 134 Å². The largest absolute Gasteiger partial charge is 0.460 e. The van der Waals surface area contributed by atoms with Crippen molar-refractivity contribution < 1.29 is 33.5 Å². The van der Waals surface area contributed by atoms with E-state index in [4.69, 9.17) is 14.2 Å². The molecule has 0 aliphatic rings. The minimum absolute atomic E-state index is 0.0492. The number of benzene rings is 1. The van der Waals surface area contributed by atoms with Crippen molar-refractivity contribution in [3.8, 4) is 5.75 Å². The molecule has 0 saturated carbocycles. The van der Waals surface area contributed by atoms with Crippen LogP contribution in [0.4, 0.5) is 10.5 Å². The number of hydrogen-bond acceptors (Lipinski definition) is 8. The van der Waals surface area contributed by atoms with Gasteiger partial charge in [0.05, 0.1) is 4.92 Å². The predicted molar refractivity (Wildman–Crippen MR) is 107 cm³/mol. The van der Waals surface area contributed by atoms with Gasteiger partial charge in [-0.05, 0) is 60.1 Å². The molecule has 10 nitrogen and oxygen atoms in total. The van der Waals surface area contributed by atoms with Crippen molar-refractivity contribution in [3.05, 3.63) is 34.4 Å². The molecule has 0 heterocycles. The number of carbonyl (C=O) groups is 3. The quantitative estimate of drug-likeness (QED) is 0.399. The number of amides is 1. The van der Waals surface area contributed by atoms with Crippen LogP contribution in [0.15, 0.2) is 24.3 Å². The lowest BCUT2D eigenvalue weighted by Gasteiger charge is -2.25. The van der Waals surface area contributed by atoms with Crippen LogP contribution in [0.25, 0.3) is 0 Å². The summed E-state index contributed by atoms with van der Waals surface area (Å²) in [6.07, 6.45) is -1.15. The van der Waals surface area contributed by atoms with E-state index in [1.165, 1.54) is 24.3 Å². The second kappa shape index (κ2) is 10.0. The van der Waals surface area contributed by atoms with E-state index < -0.39 is 40.2 Å². The minimum Gasteiger partial charge on any atom is -0.460 e. The molecular formula is C20H28N2O8. The molecule has 1 atom stereocenters. The zero-order valence-corrected chi connectivity index (χ0v) is 18.0. The minimum atomic E-state index is -1.15. The van der Waals surface area contributed by atoms with Gasteiger partial charge >= 0.3 is 18.0 Å². The Morgan fingerprint density at radius 2 is 1.53 bits per heavy atom. The molecular weight excluding hydrogens is 396 g/mol. The number of esters is 2. The summed E-state index contributed by atoms with van der Waals surface area (Å²) in [5, 5.41) is 13.0. The zero-order valence-electron chi connectivity index (χ0n) is 18.0. The van der Waals surface area contributed by atoms with Gasteiger partial charge in [-0.3, -0.25) is 14.9 Å². The molecule has 0 spiro atoms. The molecule has 1 amide bonds. The van der Waals surface area contributed by atoms with Gasteiger partial charge in [-0.25, -0.2) is 9.59 Å². The Balaban J connectivity index is 2.80. The van der Waals surface area contributed by atoms with Crippen molar-refractivity contribution in [1.82, 2.24) is 5.32 Å². The molecule has 1 rings (SSSR count). The molecule has 0 radical (unpaired) electrons. The maximum atomic E-state index is 12.4. The van der Waals surface area contributed by atoms with Gasteiger partial charge < -0.3 is 19.5 Å². The van der Waals surface area contributed by atoms with Gasteiger partial charge in [0.25, 0.3) is 5.69 Å². The van der Waals surface area contributed by atoms with E-state index in [1.54, 1.807) is 41.5 Å². The van der Waals surface area contributed by atoms with Crippen LogP contribution >= 0.6 is 0 Å². The van der Waals surface area contributed by atoms with E-state index in [9.17, 15) is 24.5 Å². The Kier molecular flexibility index (Phi) is 8.32. The summed E-state index contributed by atoms with van der Waals surface area (Å²) in [5.74, 6) is -1.21. The number of nitro benzene ring substituents is 1. The van der Waals surface area contributed by atoms with Crippen LogP contribution in [0.3, 0.4) is 0 Å². The van der Waals surface area contributed by atoms with E-state index in [1.807, 2.05) is 0 Å². The zero-order chi connectivity index (χ0) is 23.1. The maximum Gasteiger partial charge on any atom is 0.413 e. The highest BCUT2D eigenvalue weighted by atomic mass is 16.6. The summed E-state index contributed by atoms with van der Waals surface area (Å²) in [6.45, 7) is 10.2. The molecule has 1 aromatic carbocycles. The van der Waals surface area contributed by atoms with Crippen molar-refractivity contribution in [2.45, 2.75) is 71.6 Å². The molecule has 0 bridgehead atoms. The Hall–Kier alpha value is -3.17. The van der Waals surface area contributed by atoms with Gasteiger partial charge in [-0.15, -0.1) is 0 Å². The molecule has 1 unspecified atom stereocenters. The first-order chi connectivity index (χ1) is 13.7. The summed E-state index contributed by atoms with van der Waals surface area (Å²) in [5.41, 5.74) is -1.64.